The highest BCUT2D eigenvalue weighted by atomic mass is 31.2. The Balaban J connectivity index is -0.000000405. The molecule has 0 radical (unpaired) electrons. The maximum atomic E-state index is 10.2. The van der Waals surface area contributed by atoms with Crippen molar-refractivity contribution < 1.29 is 19.1 Å². The minimum absolute atomic E-state index is 0. The maximum absolute atomic E-state index is 10.2. The highest BCUT2D eigenvalue weighted by Crippen LogP contribution is 2.31. The largest absolute Gasteiger partial charge is 0.809 e. The van der Waals surface area contributed by atoms with Gasteiger partial charge in [-0.2, -0.15) is 0 Å². The van der Waals surface area contributed by atoms with Gasteiger partial charge in [0.05, 0.1) is 12.5 Å². The van der Waals surface area contributed by atoms with E-state index in [1.54, 1.807) is 0 Å². The smallest absolute Gasteiger partial charge is 0.0818 e. The summed E-state index contributed by atoms with van der Waals surface area (Å²) in [6.45, 7) is 4.57. The van der Waals surface area contributed by atoms with Crippen LogP contribution in [-0.4, -0.2) is 12.5 Å². The first-order valence-electron chi connectivity index (χ1n) is 2.72. The maximum Gasteiger partial charge on any atom is 0.0818 e. The van der Waals surface area contributed by atoms with Gasteiger partial charge >= 0.3 is 0 Å². The summed E-state index contributed by atoms with van der Waals surface area (Å²) < 4.78 is 14.7. The van der Waals surface area contributed by atoms with Gasteiger partial charge in [0.15, 0.2) is 0 Å². The number of hydrogen-bond acceptors (Lipinski definition) is 4. The molecule has 1 atom stereocenters. The molecule has 76 valence electrons. The average Bonchev–Trinajstić information content (AvgIpc) is 1.80. The van der Waals surface area contributed by atoms with E-state index in [-0.39, 0.29) is 18.9 Å². The normalized spacial score (nSPS) is 12.2. The standard InChI is InChI=1S/C5H11O4P.2H3N/c1-3-4-9-5(2)10(6,7)8;;/h3,5H,1,4H2,2H3,(H2,6,7,8);2*1H3. The van der Waals surface area contributed by atoms with E-state index < -0.39 is 13.4 Å². The molecule has 6 nitrogen and oxygen atoms in total. The predicted molar refractivity (Wildman–Crippen MR) is 45.2 cm³/mol. The third kappa shape index (κ3) is 7.87. The summed E-state index contributed by atoms with van der Waals surface area (Å²) in [5, 5.41) is 0. The topological polar surface area (TPSA) is 145 Å². The molecule has 0 aliphatic rings. The van der Waals surface area contributed by atoms with Gasteiger partial charge in [-0.3, -0.25) is 0 Å². The van der Waals surface area contributed by atoms with Crippen LogP contribution >= 0.6 is 7.60 Å². The Labute approximate surface area is 71.9 Å². The fourth-order valence-corrected chi connectivity index (χ4v) is 0.567. The fraction of sp³-hybridized carbons (Fsp3) is 0.600. The molecular weight excluding hydrogens is 183 g/mol. The zero-order valence-electron chi connectivity index (χ0n) is 7.65. The summed E-state index contributed by atoms with van der Waals surface area (Å²) in [4.78, 5) is 20.3. The van der Waals surface area contributed by atoms with Crippen molar-refractivity contribution in [2.75, 3.05) is 6.61 Å². The van der Waals surface area contributed by atoms with E-state index in [0.717, 1.165) is 0 Å². The molecule has 0 heterocycles. The predicted octanol–water partition coefficient (Wildman–Crippen LogP) is 0.201. The molecule has 0 amide bonds. The third-order valence-corrected chi connectivity index (χ3v) is 1.94. The van der Waals surface area contributed by atoms with Crippen LogP contribution in [-0.2, 0) is 9.30 Å². The van der Waals surface area contributed by atoms with Crippen molar-refractivity contribution in [2.45, 2.75) is 12.8 Å². The Morgan fingerprint density at radius 1 is 1.58 bits per heavy atom. The van der Waals surface area contributed by atoms with Gasteiger partial charge in [0.25, 0.3) is 0 Å². The van der Waals surface area contributed by atoms with Crippen LogP contribution in [0.3, 0.4) is 0 Å². The molecule has 0 aromatic rings. The van der Waals surface area contributed by atoms with Gasteiger partial charge in [0.1, 0.15) is 0 Å². The number of rotatable bonds is 4. The van der Waals surface area contributed by atoms with Crippen molar-refractivity contribution >= 4 is 7.60 Å². The zero-order valence-corrected chi connectivity index (χ0v) is 8.54. The third-order valence-electron chi connectivity index (χ3n) is 0.901. The molecule has 12 heavy (non-hydrogen) atoms. The van der Waals surface area contributed by atoms with Gasteiger partial charge < -0.3 is 31.4 Å². The number of hydrogen-bond donors (Lipinski definition) is 2. The van der Waals surface area contributed by atoms with Crippen LogP contribution in [0, 0.1) is 0 Å². The van der Waals surface area contributed by atoms with Crippen molar-refractivity contribution in [3.05, 3.63) is 12.7 Å². The Morgan fingerprint density at radius 2 is 2.00 bits per heavy atom. The van der Waals surface area contributed by atoms with Crippen LogP contribution in [0.4, 0.5) is 0 Å². The molecule has 1 unspecified atom stereocenters. The molecule has 0 aliphatic heterocycles. The van der Waals surface area contributed by atoms with E-state index in [4.69, 9.17) is 0 Å². The SMILES string of the molecule is C=CCOC(C)P(=O)([O-])[O-].[NH4+].[NH4+]. The second kappa shape index (κ2) is 7.42. The molecule has 8 N–H and O–H groups in total. The van der Waals surface area contributed by atoms with E-state index >= 15 is 0 Å². The van der Waals surface area contributed by atoms with Gasteiger partial charge in [-0.1, -0.05) is 6.08 Å². The van der Waals surface area contributed by atoms with Gasteiger partial charge in [0, 0.05) is 0 Å². The lowest BCUT2D eigenvalue weighted by molar-refractivity contribution is -0.322. The second-order valence-corrected chi connectivity index (χ2v) is 3.57. The molecule has 0 spiro atoms. The average molecular weight is 200 g/mol. The van der Waals surface area contributed by atoms with Gasteiger partial charge in [-0.25, -0.2) is 0 Å². The molecule has 0 aliphatic carbocycles. The molecule has 0 saturated carbocycles. The van der Waals surface area contributed by atoms with Crippen molar-refractivity contribution in [1.29, 1.82) is 0 Å². The zero-order chi connectivity index (χ0) is 8.20. The van der Waals surface area contributed by atoms with Gasteiger partial charge in [-0.05, 0) is 14.5 Å². The lowest BCUT2D eigenvalue weighted by Gasteiger charge is -2.35. The highest BCUT2D eigenvalue weighted by Gasteiger charge is 2.03. The summed E-state index contributed by atoms with van der Waals surface area (Å²) in [6, 6.07) is 0. The second-order valence-electron chi connectivity index (χ2n) is 1.76. The summed E-state index contributed by atoms with van der Waals surface area (Å²) in [7, 11) is -4.56. The monoisotopic (exact) mass is 200 g/mol. The van der Waals surface area contributed by atoms with E-state index in [1.807, 2.05) is 0 Å². The van der Waals surface area contributed by atoms with Crippen molar-refractivity contribution in [2.24, 2.45) is 0 Å². The summed E-state index contributed by atoms with van der Waals surface area (Å²) >= 11 is 0. The Kier molecular flexibility index (Phi) is 11.0. The lowest BCUT2D eigenvalue weighted by Crippen LogP contribution is -2.25. The van der Waals surface area contributed by atoms with E-state index in [2.05, 4.69) is 11.3 Å². The van der Waals surface area contributed by atoms with Gasteiger partial charge in [-0.15, -0.1) is 6.58 Å². The lowest BCUT2D eigenvalue weighted by atomic mass is 10.7. The minimum Gasteiger partial charge on any atom is -0.809 e. The van der Waals surface area contributed by atoms with Crippen molar-refractivity contribution in [3.63, 3.8) is 0 Å². The first-order chi connectivity index (χ1) is 4.48. The Bertz CT molecular complexity index is 158. The first-order valence-corrected chi connectivity index (χ1v) is 4.34. The van der Waals surface area contributed by atoms with E-state index in [9.17, 15) is 14.4 Å². The fourth-order valence-electron chi connectivity index (χ4n) is 0.299. The molecule has 0 bridgehead atoms. The van der Waals surface area contributed by atoms with Crippen LogP contribution in [0.25, 0.3) is 0 Å². The molecule has 0 aromatic carbocycles. The number of quaternary nitrogens is 2. The molecular formula is C5H17N2O4P. The van der Waals surface area contributed by atoms with Crippen LogP contribution < -0.4 is 22.1 Å². The first kappa shape index (κ1) is 17.8. The van der Waals surface area contributed by atoms with Crippen molar-refractivity contribution in [3.8, 4) is 0 Å². The summed E-state index contributed by atoms with van der Waals surface area (Å²) in [5.41, 5.74) is 0. The van der Waals surface area contributed by atoms with Crippen LogP contribution in [0.2, 0.25) is 0 Å². The number of ether oxygens (including phenoxy) is 1. The minimum atomic E-state index is -4.56. The molecule has 0 rings (SSSR count). The van der Waals surface area contributed by atoms with Crippen LogP contribution in [0.5, 0.6) is 0 Å². The Morgan fingerprint density at radius 3 is 2.25 bits per heavy atom. The van der Waals surface area contributed by atoms with Crippen LogP contribution in [0.15, 0.2) is 12.7 Å². The molecule has 7 heteroatoms. The Hall–Kier alpha value is -0.230. The van der Waals surface area contributed by atoms with E-state index in [0.29, 0.717) is 0 Å². The molecule has 0 aromatic heterocycles. The quantitative estimate of drug-likeness (QED) is 0.492. The molecule has 0 saturated heterocycles. The van der Waals surface area contributed by atoms with E-state index in [1.165, 1.54) is 13.0 Å². The highest BCUT2D eigenvalue weighted by molar-refractivity contribution is 7.49. The summed E-state index contributed by atoms with van der Waals surface area (Å²) in [5.74, 6) is -1.26. The summed E-state index contributed by atoms with van der Waals surface area (Å²) in [6.07, 6.45) is 1.38. The van der Waals surface area contributed by atoms with Crippen LogP contribution in [0.1, 0.15) is 6.92 Å². The van der Waals surface area contributed by atoms with Crippen molar-refractivity contribution in [1.82, 2.24) is 12.3 Å². The van der Waals surface area contributed by atoms with Gasteiger partial charge in [0.2, 0.25) is 0 Å². The molecule has 0 fully saturated rings.